The van der Waals surface area contributed by atoms with E-state index in [2.05, 4.69) is 20.3 Å². The number of hydrogen-bond acceptors (Lipinski definition) is 7. The van der Waals surface area contributed by atoms with Gasteiger partial charge in [-0.05, 0) is 59.7 Å². The van der Waals surface area contributed by atoms with Crippen LogP contribution in [0.1, 0.15) is 28.5 Å². The van der Waals surface area contributed by atoms with Crippen LogP contribution in [0.25, 0.3) is 11.1 Å². The Morgan fingerprint density at radius 3 is 2.25 bits per heavy atom. The SMILES string of the molecule is CCS(=O)(=O)c1ccc(CC(=O)Nc2ncc(-c3ccncc3)c(C(=O)c3ccc(F)cc3)n2)cc1. The van der Waals surface area contributed by atoms with Gasteiger partial charge in [-0.2, -0.15) is 0 Å². The van der Waals surface area contributed by atoms with E-state index in [1.807, 2.05) is 0 Å². The molecule has 4 aromatic rings. The average molecular weight is 505 g/mol. The second-order valence-electron chi connectivity index (χ2n) is 7.80. The normalized spacial score (nSPS) is 11.2. The van der Waals surface area contributed by atoms with Crippen molar-refractivity contribution in [2.75, 3.05) is 11.1 Å². The Balaban J connectivity index is 1.59. The van der Waals surface area contributed by atoms with E-state index in [4.69, 9.17) is 0 Å². The summed E-state index contributed by atoms with van der Waals surface area (Å²) in [6, 6.07) is 14.5. The Labute approximate surface area is 207 Å². The van der Waals surface area contributed by atoms with Crippen LogP contribution in [-0.2, 0) is 21.1 Å². The summed E-state index contributed by atoms with van der Waals surface area (Å²) in [4.78, 5) is 38.5. The zero-order valence-corrected chi connectivity index (χ0v) is 20.0. The van der Waals surface area contributed by atoms with Crippen LogP contribution in [0.5, 0.6) is 0 Å². The Morgan fingerprint density at radius 2 is 1.61 bits per heavy atom. The number of anilines is 1. The number of carbonyl (C=O) groups excluding carboxylic acids is 2. The molecule has 0 unspecified atom stereocenters. The van der Waals surface area contributed by atoms with E-state index < -0.39 is 27.3 Å². The van der Waals surface area contributed by atoms with E-state index in [1.165, 1.54) is 42.6 Å². The second kappa shape index (κ2) is 10.5. The molecular weight excluding hydrogens is 483 g/mol. The number of halogens is 1. The minimum atomic E-state index is -3.33. The highest BCUT2D eigenvalue weighted by molar-refractivity contribution is 7.91. The molecule has 36 heavy (non-hydrogen) atoms. The van der Waals surface area contributed by atoms with Gasteiger partial charge >= 0.3 is 0 Å². The van der Waals surface area contributed by atoms with Gasteiger partial charge < -0.3 is 0 Å². The van der Waals surface area contributed by atoms with Gasteiger partial charge in [0.1, 0.15) is 11.5 Å². The molecule has 10 heteroatoms. The Bertz CT molecular complexity index is 1510. The number of pyridine rings is 1. The molecule has 4 rings (SSSR count). The number of sulfone groups is 1. The number of nitrogens with zero attached hydrogens (tertiary/aromatic N) is 3. The molecule has 0 fully saturated rings. The zero-order valence-electron chi connectivity index (χ0n) is 19.2. The first-order chi connectivity index (χ1) is 17.3. The number of aromatic nitrogens is 3. The van der Waals surface area contributed by atoms with Crippen LogP contribution in [0, 0.1) is 5.82 Å². The summed E-state index contributed by atoms with van der Waals surface area (Å²) < 4.78 is 37.3. The fourth-order valence-electron chi connectivity index (χ4n) is 3.43. The van der Waals surface area contributed by atoms with Crippen molar-refractivity contribution < 1.29 is 22.4 Å². The molecule has 8 nitrogen and oxygen atoms in total. The maximum atomic E-state index is 13.4. The van der Waals surface area contributed by atoms with Crippen LogP contribution in [0.15, 0.2) is 84.1 Å². The standard InChI is InChI=1S/C26H21FN4O4S/c1-2-36(34,35)21-9-3-17(4-10-21)15-23(32)30-26-29-16-22(18-11-13-28-14-12-18)24(31-26)25(33)19-5-7-20(27)8-6-19/h3-14,16H,2,15H2,1H3,(H,29,30,31,32). The van der Waals surface area contributed by atoms with Crippen molar-refractivity contribution in [1.29, 1.82) is 0 Å². The van der Waals surface area contributed by atoms with Crippen molar-refractivity contribution in [3.05, 3.63) is 102 Å². The third-order valence-corrected chi connectivity index (χ3v) is 7.13. The lowest BCUT2D eigenvalue weighted by atomic mass is 10.0. The van der Waals surface area contributed by atoms with Crippen LogP contribution < -0.4 is 5.32 Å². The predicted octanol–water partition coefficient (Wildman–Crippen LogP) is 3.88. The van der Waals surface area contributed by atoms with E-state index in [9.17, 15) is 22.4 Å². The summed E-state index contributed by atoms with van der Waals surface area (Å²) in [7, 11) is -3.33. The second-order valence-corrected chi connectivity index (χ2v) is 10.1. The summed E-state index contributed by atoms with van der Waals surface area (Å²) >= 11 is 0. The summed E-state index contributed by atoms with van der Waals surface area (Å²) in [5.41, 5.74) is 1.93. The Morgan fingerprint density at radius 1 is 0.944 bits per heavy atom. The number of ketones is 1. The average Bonchev–Trinajstić information content (AvgIpc) is 2.89. The summed E-state index contributed by atoms with van der Waals surface area (Å²) in [6.07, 6.45) is 4.50. The Kier molecular flexibility index (Phi) is 7.25. The van der Waals surface area contributed by atoms with Gasteiger partial charge in [0.15, 0.2) is 9.84 Å². The predicted molar refractivity (Wildman–Crippen MR) is 132 cm³/mol. The lowest BCUT2D eigenvalue weighted by molar-refractivity contribution is -0.115. The van der Waals surface area contributed by atoms with E-state index in [-0.39, 0.29) is 34.3 Å². The monoisotopic (exact) mass is 504 g/mol. The largest absolute Gasteiger partial charge is 0.294 e. The van der Waals surface area contributed by atoms with Gasteiger partial charge in [-0.15, -0.1) is 0 Å². The first-order valence-electron chi connectivity index (χ1n) is 11.0. The molecule has 0 bridgehead atoms. The molecule has 0 saturated carbocycles. The van der Waals surface area contributed by atoms with Crippen molar-refractivity contribution in [3.8, 4) is 11.1 Å². The van der Waals surface area contributed by atoms with Gasteiger partial charge in [0.2, 0.25) is 17.6 Å². The van der Waals surface area contributed by atoms with Gasteiger partial charge in [0.25, 0.3) is 0 Å². The highest BCUT2D eigenvalue weighted by atomic mass is 32.2. The van der Waals surface area contributed by atoms with Gasteiger partial charge in [-0.3, -0.25) is 19.9 Å². The maximum Gasteiger partial charge on any atom is 0.231 e. The lowest BCUT2D eigenvalue weighted by Crippen LogP contribution is -2.18. The zero-order chi connectivity index (χ0) is 25.7. The molecule has 1 N–H and O–H groups in total. The Hall–Kier alpha value is -4.31. The van der Waals surface area contributed by atoms with Crippen LogP contribution in [-0.4, -0.2) is 40.8 Å². The van der Waals surface area contributed by atoms with Crippen molar-refractivity contribution in [2.24, 2.45) is 0 Å². The minimum absolute atomic E-state index is 0.0152. The number of benzene rings is 2. The molecule has 0 aliphatic carbocycles. The van der Waals surface area contributed by atoms with Crippen molar-refractivity contribution >= 4 is 27.5 Å². The van der Waals surface area contributed by atoms with E-state index in [0.717, 1.165) is 0 Å². The van der Waals surface area contributed by atoms with Crippen molar-refractivity contribution in [1.82, 2.24) is 15.0 Å². The van der Waals surface area contributed by atoms with Crippen molar-refractivity contribution in [3.63, 3.8) is 0 Å². The molecule has 0 saturated heterocycles. The fraction of sp³-hybridized carbons (Fsp3) is 0.115. The minimum Gasteiger partial charge on any atom is -0.294 e. The number of nitrogens with one attached hydrogen (secondary N) is 1. The number of carbonyl (C=O) groups is 2. The third kappa shape index (κ3) is 5.66. The molecule has 2 aromatic heterocycles. The lowest BCUT2D eigenvalue weighted by Gasteiger charge is -2.11. The van der Waals surface area contributed by atoms with E-state index in [1.54, 1.807) is 43.6 Å². The topological polar surface area (TPSA) is 119 Å². The highest BCUT2D eigenvalue weighted by Crippen LogP contribution is 2.25. The maximum absolute atomic E-state index is 13.4. The molecule has 0 atom stereocenters. The molecule has 0 aliphatic heterocycles. The first kappa shape index (κ1) is 24.8. The van der Waals surface area contributed by atoms with Gasteiger partial charge in [-0.1, -0.05) is 19.1 Å². The summed E-state index contributed by atoms with van der Waals surface area (Å²) in [6.45, 7) is 1.56. The molecule has 182 valence electrons. The quantitative estimate of drug-likeness (QED) is 0.362. The summed E-state index contributed by atoms with van der Waals surface area (Å²) in [5, 5.41) is 2.58. The first-order valence-corrected chi connectivity index (χ1v) is 12.6. The van der Waals surface area contributed by atoms with E-state index in [0.29, 0.717) is 16.7 Å². The smallest absolute Gasteiger partial charge is 0.231 e. The molecular formula is C26H21FN4O4S. The number of rotatable bonds is 8. The van der Waals surface area contributed by atoms with Gasteiger partial charge in [-0.25, -0.2) is 22.8 Å². The molecule has 0 radical (unpaired) electrons. The molecule has 0 spiro atoms. The van der Waals surface area contributed by atoms with Gasteiger partial charge in [0.05, 0.1) is 17.1 Å². The molecule has 2 aromatic carbocycles. The highest BCUT2D eigenvalue weighted by Gasteiger charge is 2.20. The van der Waals surface area contributed by atoms with Crippen molar-refractivity contribution in [2.45, 2.75) is 18.2 Å². The summed E-state index contributed by atoms with van der Waals surface area (Å²) in [5.74, 6) is -1.48. The van der Waals surface area contributed by atoms with Crippen LogP contribution in [0.3, 0.4) is 0 Å². The molecule has 2 heterocycles. The molecule has 1 amide bonds. The van der Waals surface area contributed by atoms with E-state index >= 15 is 0 Å². The number of amides is 1. The third-order valence-electron chi connectivity index (χ3n) is 5.38. The fourth-order valence-corrected chi connectivity index (χ4v) is 4.32. The number of hydrogen-bond donors (Lipinski definition) is 1. The van der Waals surface area contributed by atoms with Crippen LogP contribution in [0.2, 0.25) is 0 Å². The van der Waals surface area contributed by atoms with Crippen LogP contribution in [0.4, 0.5) is 10.3 Å². The molecule has 0 aliphatic rings. The van der Waals surface area contributed by atoms with Crippen LogP contribution >= 0.6 is 0 Å². The van der Waals surface area contributed by atoms with Gasteiger partial charge in [0, 0.05) is 29.7 Å².